The summed E-state index contributed by atoms with van der Waals surface area (Å²) in [5, 5.41) is 11.2. The van der Waals surface area contributed by atoms with Gasteiger partial charge in [-0.2, -0.15) is 0 Å². The third-order valence-corrected chi connectivity index (χ3v) is 16.1. The van der Waals surface area contributed by atoms with Crippen LogP contribution in [0.4, 0.5) is 11.4 Å². The first-order chi connectivity index (χ1) is 42.2. The Morgan fingerprint density at radius 2 is 1.18 bits per heavy atom. The van der Waals surface area contributed by atoms with Gasteiger partial charge in [-0.05, 0) is 86.9 Å². The van der Waals surface area contributed by atoms with E-state index in [-0.39, 0.29) is 26.4 Å². The van der Waals surface area contributed by atoms with E-state index in [1.807, 2.05) is 24.4 Å². The molecule has 0 amide bonds. The number of hydrogen-bond acceptors (Lipinski definition) is 19. The molecular weight excluding hydrogens is 1110 g/mol. The number of fused-ring (bicyclic) bond motifs is 3. The zero-order valence-electron chi connectivity index (χ0n) is 50.2. The van der Waals surface area contributed by atoms with Gasteiger partial charge in [-0.25, -0.2) is 9.67 Å². The van der Waals surface area contributed by atoms with Gasteiger partial charge >= 0.3 is 23.9 Å². The third-order valence-electron chi connectivity index (χ3n) is 16.1. The summed E-state index contributed by atoms with van der Waals surface area (Å²) in [6.45, 7) is 13.4. The van der Waals surface area contributed by atoms with Gasteiger partial charge < -0.3 is 62.1 Å². The van der Waals surface area contributed by atoms with Crippen molar-refractivity contribution in [2.45, 2.75) is 71.5 Å². The number of rotatable bonds is 21. The Labute approximate surface area is 504 Å². The lowest BCUT2D eigenvalue weighted by Gasteiger charge is -2.44. The van der Waals surface area contributed by atoms with Crippen molar-refractivity contribution in [3.8, 4) is 45.3 Å². The molecule has 0 saturated carbocycles. The molecule has 0 aliphatic carbocycles. The van der Waals surface area contributed by atoms with Crippen LogP contribution >= 0.6 is 0 Å². The summed E-state index contributed by atoms with van der Waals surface area (Å²) in [4.78, 5) is 63.8. The average molecular weight is 1190 g/mol. The van der Waals surface area contributed by atoms with Gasteiger partial charge in [0.2, 0.25) is 0 Å². The van der Waals surface area contributed by atoms with Gasteiger partial charge in [-0.1, -0.05) is 47.7 Å². The van der Waals surface area contributed by atoms with Gasteiger partial charge in [0.15, 0.2) is 24.6 Å². The normalized spacial score (nSPS) is 19.3. The van der Waals surface area contributed by atoms with Crippen LogP contribution in [0.3, 0.4) is 0 Å². The van der Waals surface area contributed by atoms with E-state index in [4.69, 9.17) is 42.9 Å². The van der Waals surface area contributed by atoms with Crippen molar-refractivity contribution >= 4 is 57.1 Å². The smallest absolute Gasteiger partial charge is 0.303 e. The number of nitrogens with zero attached hydrogens (tertiary/aromatic N) is 10. The number of carbonyl (C=O) groups is 4. The molecule has 5 aromatic carbocycles. The second-order valence-corrected chi connectivity index (χ2v) is 22.2. The monoisotopic (exact) mass is 1190 g/mol. The summed E-state index contributed by atoms with van der Waals surface area (Å²) in [6.07, 6.45) is -4.52. The quantitative estimate of drug-likeness (QED) is 0.0394. The predicted molar refractivity (Wildman–Crippen MR) is 327 cm³/mol. The van der Waals surface area contributed by atoms with Crippen molar-refractivity contribution in [2.75, 3.05) is 110 Å². The number of methoxy groups -OCH3 is 1. The summed E-state index contributed by atoms with van der Waals surface area (Å²) in [6, 6.07) is 41.1. The first kappa shape index (κ1) is 60.0. The van der Waals surface area contributed by atoms with Gasteiger partial charge in [0.05, 0.1) is 57.6 Å². The van der Waals surface area contributed by atoms with Crippen molar-refractivity contribution in [3.05, 3.63) is 127 Å². The van der Waals surface area contributed by atoms with E-state index >= 15 is 0 Å². The largest absolute Gasteiger partial charge is 0.497 e. The number of benzene rings is 5. The minimum Gasteiger partial charge on any atom is -0.497 e. The van der Waals surface area contributed by atoms with E-state index < -0.39 is 54.6 Å². The van der Waals surface area contributed by atoms with Crippen LogP contribution in [0.5, 0.6) is 5.75 Å². The Hall–Kier alpha value is -8.67. The molecule has 0 N–H and O–H groups in total. The molecule has 87 heavy (non-hydrogen) atoms. The maximum atomic E-state index is 12.3. The van der Waals surface area contributed by atoms with Crippen LogP contribution in [-0.2, 0) is 65.4 Å². The molecule has 22 nitrogen and oxygen atoms in total. The molecule has 3 saturated heterocycles. The number of esters is 4. The lowest BCUT2D eigenvalue weighted by Crippen LogP contribution is -2.63. The number of ether oxygens (including phenoxy) is 8. The van der Waals surface area contributed by atoms with Gasteiger partial charge in [0.25, 0.3) is 0 Å². The highest BCUT2D eigenvalue weighted by atomic mass is 16.7. The van der Waals surface area contributed by atoms with Crippen LogP contribution in [0.25, 0.3) is 61.4 Å². The van der Waals surface area contributed by atoms with Crippen LogP contribution in [0.15, 0.2) is 121 Å². The molecule has 22 heteroatoms. The zero-order valence-corrected chi connectivity index (χ0v) is 50.2. The molecule has 0 radical (unpaired) electrons. The van der Waals surface area contributed by atoms with Crippen LogP contribution in [0.2, 0.25) is 0 Å². The molecule has 3 aliphatic rings. The molecular formula is C65H74N10O12. The zero-order chi connectivity index (χ0) is 60.7. The maximum Gasteiger partial charge on any atom is 0.303 e. The minimum atomic E-state index is -1.34. The number of imidazole rings is 1. The number of anilines is 2. The highest BCUT2D eigenvalue weighted by Gasteiger charge is 2.53. The van der Waals surface area contributed by atoms with Crippen LogP contribution in [0, 0.1) is 0 Å². The summed E-state index contributed by atoms with van der Waals surface area (Å²) < 4.78 is 51.6. The van der Waals surface area contributed by atoms with E-state index in [0.29, 0.717) is 13.1 Å². The molecule has 0 unspecified atom stereocenters. The van der Waals surface area contributed by atoms with E-state index in [1.165, 1.54) is 25.2 Å². The number of aromatic nitrogens is 6. The summed E-state index contributed by atoms with van der Waals surface area (Å²) >= 11 is 0. The van der Waals surface area contributed by atoms with Gasteiger partial charge in [-0.3, -0.25) is 23.7 Å². The summed E-state index contributed by atoms with van der Waals surface area (Å²) in [5.41, 5.74) is 11.1. The first-order valence-corrected chi connectivity index (χ1v) is 29.4. The van der Waals surface area contributed by atoms with E-state index in [0.717, 1.165) is 139 Å². The van der Waals surface area contributed by atoms with E-state index in [2.05, 4.69) is 150 Å². The molecule has 0 spiro atoms. The Morgan fingerprint density at radius 3 is 1.82 bits per heavy atom. The van der Waals surface area contributed by atoms with E-state index in [9.17, 15) is 19.2 Å². The molecule has 3 aliphatic heterocycles. The fourth-order valence-corrected chi connectivity index (χ4v) is 11.7. The first-order valence-electron chi connectivity index (χ1n) is 29.4. The maximum absolute atomic E-state index is 12.3. The average Bonchev–Trinajstić information content (AvgIpc) is 2.94. The summed E-state index contributed by atoms with van der Waals surface area (Å²) in [5.74, 6) is -1.25. The van der Waals surface area contributed by atoms with Crippen molar-refractivity contribution in [3.63, 3.8) is 0 Å². The lowest BCUT2D eigenvalue weighted by molar-refractivity contribution is -0.309. The lowest BCUT2D eigenvalue weighted by atomic mass is 9.98. The molecule has 5 atom stereocenters. The SMILES string of the molecule is COc1ccc(-n2c(-c3ccc4c(c3)c3ccccc3n4Cc3cn(CCOCCO[C@@H]4O[C@H](COC(C)=O)[C@@H](OC(C)=O)[C@H](OC(C)=O)[C@H]4OC(C)=O)nn3)nc(-c3ccc(N4CCN(C)CC4)cc3)c2-c2ccc(N3CCN(C)CC3)cc2)cc1. The Balaban J connectivity index is 0.846. The van der Waals surface area contributed by atoms with Crippen LogP contribution < -0.4 is 14.5 Å². The molecule has 3 aromatic heterocycles. The van der Waals surface area contributed by atoms with Gasteiger partial charge in [-0.15, -0.1) is 5.10 Å². The molecule has 11 rings (SSSR count). The topological polar surface area (TPSA) is 209 Å². The fraction of sp³-hybridized carbons (Fsp3) is 0.400. The second-order valence-electron chi connectivity index (χ2n) is 22.2. The molecule has 8 aromatic rings. The number of carbonyl (C=O) groups excluding carboxylic acids is 4. The van der Waals surface area contributed by atoms with Crippen LogP contribution in [0.1, 0.15) is 33.4 Å². The van der Waals surface area contributed by atoms with Crippen LogP contribution in [-0.4, -0.2) is 193 Å². The number of hydrogen-bond donors (Lipinski definition) is 0. The van der Waals surface area contributed by atoms with Gasteiger partial charge in [0.1, 0.15) is 30.0 Å². The predicted octanol–water partition coefficient (Wildman–Crippen LogP) is 7.25. The van der Waals surface area contributed by atoms with Crippen molar-refractivity contribution < 1.29 is 57.1 Å². The number of likely N-dealkylation sites (N-methyl/N-ethyl adjacent to an activating group) is 2. The Kier molecular flexibility index (Phi) is 18.6. The highest BCUT2D eigenvalue weighted by molar-refractivity contribution is 6.09. The van der Waals surface area contributed by atoms with E-state index in [1.54, 1.807) is 11.8 Å². The molecule has 3 fully saturated rings. The van der Waals surface area contributed by atoms with Crippen molar-refractivity contribution in [1.82, 2.24) is 38.9 Å². The Morgan fingerprint density at radius 1 is 0.598 bits per heavy atom. The van der Waals surface area contributed by atoms with Crippen molar-refractivity contribution in [1.29, 1.82) is 0 Å². The highest BCUT2D eigenvalue weighted by Crippen LogP contribution is 2.42. The third kappa shape index (κ3) is 13.8. The standard InChI is InChI=1S/C65H74N10O12/c1-42(76)83-41-58-61(84-43(2)77)62(85-44(3)78)63(86-45(4)79)65(87-58)82-37-36-81-35-34-73-39-49(67-68-73)40-74-56-11-9-8-10-54(56)55-38-48(16-25-57(55)74)64-66-59(46-12-17-50(18-13-46)71-30-26-69(5)27-31-71)60(75(64)52-21-23-53(80-7)24-22-52)47-14-19-51(20-15-47)72-32-28-70(6)29-33-72/h8-25,38-39,58,61-63,65H,26-37,40-41H2,1-7H3/t58-,61-,62+,63-,65-/m1/s1. The van der Waals surface area contributed by atoms with Gasteiger partial charge in [0, 0.05) is 136 Å². The minimum absolute atomic E-state index is 0.0477. The summed E-state index contributed by atoms with van der Waals surface area (Å²) in [7, 11) is 6.04. The van der Waals surface area contributed by atoms with Crippen molar-refractivity contribution in [2.24, 2.45) is 0 Å². The molecule has 456 valence electrons. The fourth-order valence-electron chi connectivity index (χ4n) is 11.7. The number of piperazine rings is 2. The molecule has 6 heterocycles. The molecule has 0 bridgehead atoms. The Bertz CT molecular complexity index is 3700. The second kappa shape index (κ2) is 26.9. The number of para-hydroxylation sites is 1.